The first-order valence-electron chi connectivity index (χ1n) is 7.30. The highest BCUT2D eigenvalue weighted by Crippen LogP contribution is 2.18. The Labute approximate surface area is 139 Å². The largest absolute Gasteiger partial charge is 0.345 e. The van der Waals surface area contributed by atoms with Gasteiger partial charge in [0.25, 0.3) is 5.91 Å². The molecule has 0 saturated heterocycles. The molecular weight excluding hydrogens is 304 g/mol. The number of pyridine rings is 2. The third-order valence-electron chi connectivity index (χ3n) is 3.26. The molecule has 3 rings (SSSR count). The van der Waals surface area contributed by atoms with Gasteiger partial charge in [0, 0.05) is 44.4 Å². The summed E-state index contributed by atoms with van der Waals surface area (Å²) in [4.78, 5) is 30.2. The summed E-state index contributed by atoms with van der Waals surface area (Å²) in [6, 6.07) is 7.46. The van der Waals surface area contributed by atoms with Crippen molar-refractivity contribution >= 4 is 17.4 Å². The molecule has 24 heavy (non-hydrogen) atoms. The fraction of sp³-hybridized carbons (Fsp3) is 0.118. The van der Waals surface area contributed by atoms with Crippen molar-refractivity contribution in [2.24, 2.45) is 0 Å². The quantitative estimate of drug-likeness (QED) is 0.794. The summed E-state index contributed by atoms with van der Waals surface area (Å²) in [6.07, 6.45) is 8.16. The smallest absolute Gasteiger partial charge is 0.256 e. The van der Waals surface area contributed by atoms with Crippen LogP contribution in [0.4, 0.5) is 11.5 Å². The van der Waals surface area contributed by atoms with Crippen LogP contribution in [0.5, 0.6) is 0 Å². The lowest BCUT2D eigenvalue weighted by Crippen LogP contribution is -2.22. The highest BCUT2D eigenvalue weighted by atomic mass is 16.2. The molecule has 7 nitrogen and oxygen atoms in total. The van der Waals surface area contributed by atoms with E-state index in [1.165, 1.54) is 17.3 Å². The number of carbonyl (C=O) groups is 1. The van der Waals surface area contributed by atoms with Crippen molar-refractivity contribution < 1.29 is 4.79 Å². The van der Waals surface area contributed by atoms with Crippen molar-refractivity contribution in [1.82, 2.24) is 24.8 Å². The molecule has 0 aromatic carbocycles. The maximum atomic E-state index is 11.8. The Balaban J connectivity index is 1.75. The molecule has 3 heterocycles. The van der Waals surface area contributed by atoms with E-state index >= 15 is 0 Å². The van der Waals surface area contributed by atoms with Crippen LogP contribution in [-0.2, 0) is 0 Å². The summed E-state index contributed by atoms with van der Waals surface area (Å²) in [6.45, 7) is 0. The monoisotopic (exact) mass is 320 g/mol. The number of amides is 1. The van der Waals surface area contributed by atoms with Gasteiger partial charge in [0.2, 0.25) is 0 Å². The summed E-state index contributed by atoms with van der Waals surface area (Å²) in [5, 5.41) is 3.15. The van der Waals surface area contributed by atoms with Gasteiger partial charge in [-0.2, -0.15) is 0 Å². The van der Waals surface area contributed by atoms with E-state index in [1.54, 1.807) is 32.7 Å². The zero-order chi connectivity index (χ0) is 16.9. The summed E-state index contributed by atoms with van der Waals surface area (Å²) < 4.78 is 0. The van der Waals surface area contributed by atoms with E-state index in [9.17, 15) is 4.79 Å². The molecule has 0 aliphatic rings. The average Bonchev–Trinajstić information content (AvgIpc) is 2.63. The lowest BCUT2D eigenvalue weighted by Gasteiger charge is -2.09. The van der Waals surface area contributed by atoms with Crippen molar-refractivity contribution in [1.29, 1.82) is 0 Å². The molecule has 0 spiro atoms. The lowest BCUT2D eigenvalue weighted by atomic mass is 10.2. The maximum Gasteiger partial charge on any atom is 0.256 e. The van der Waals surface area contributed by atoms with Crippen LogP contribution in [0.25, 0.3) is 11.4 Å². The second-order valence-electron chi connectivity index (χ2n) is 5.29. The topological polar surface area (TPSA) is 83.9 Å². The first-order chi connectivity index (χ1) is 11.6. The molecule has 0 saturated carbocycles. The Bertz CT molecular complexity index is 816. The predicted molar refractivity (Wildman–Crippen MR) is 90.8 cm³/mol. The van der Waals surface area contributed by atoms with E-state index in [4.69, 9.17) is 0 Å². The van der Waals surface area contributed by atoms with Gasteiger partial charge in [-0.1, -0.05) is 0 Å². The predicted octanol–water partition coefficient (Wildman–Crippen LogP) is 2.38. The minimum atomic E-state index is -0.129. The molecule has 0 unspecified atom stereocenters. The number of nitrogens with one attached hydrogen (secondary N) is 1. The van der Waals surface area contributed by atoms with Gasteiger partial charge in [0.15, 0.2) is 5.82 Å². The van der Waals surface area contributed by atoms with Crippen LogP contribution < -0.4 is 5.32 Å². The van der Waals surface area contributed by atoms with Gasteiger partial charge in [-0.3, -0.25) is 9.78 Å². The Morgan fingerprint density at radius 1 is 1.00 bits per heavy atom. The fourth-order valence-electron chi connectivity index (χ4n) is 2.03. The standard InChI is InChI=1S/C17H16N6O/c1-23(2)17(24)13-9-20-16(21-10-13)12-5-6-15(19-8-12)22-14-4-3-7-18-11-14/h3-11H,1-2H3,(H,19,22). The second-order valence-corrected chi connectivity index (χ2v) is 5.29. The first-order valence-corrected chi connectivity index (χ1v) is 7.30. The minimum Gasteiger partial charge on any atom is -0.345 e. The molecule has 0 aliphatic carbocycles. The van der Waals surface area contributed by atoms with E-state index in [1.807, 2.05) is 24.3 Å². The summed E-state index contributed by atoms with van der Waals surface area (Å²) in [5.41, 5.74) is 2.09. The SMILES string of the molecule is CN(C)C(=O)c1cnc(-c2ccc(Nc3cccnc3)nc2)nc1. The zero-order valence-corrected chi connectivity index (χ0v) is 13.3. The Morgan fingerprint density at radius 3 is 2.38 bits per heavy atom. The Kier molecular flexibility index (Phi) is 4.42. The average molecular weight is 320 g/mol. The van der Waals surface area contributed by atoms with Crippen LogP contribution in [-0.4, -0.2) is 44.8 Å². The summed E-state index contributed by atoms with van der Waals surface area (Å²) in [7, 11) is 3.38. The number of rotatable bonds is 4. The number of anilines is 2. The first kappa shape index (κ1) is 15.5. The molecule has 0 fully saturated rings. The second kappa shape index (κ2) is 6.82. The maximum absolute atomic E-state index is 11.8. The van der Waals surface area contributed by atoms with Crippen LogP contribution in [0.2, 0.25) is 0 Å². The molecule has 3 aromatic heterocycles. The van der Waals surface area contributed by atoms with E-state index in [0.29, 0.717) is 17.2 Å². The van der Waals surface area contributed by atoms with E-state index < -0.39 is 0 Å². The van der Waals surface area contributed by atoms with Crippen molar-refractivity contribution in [3.8, 4) is 11.4 Å². The third kappa shape index (κ3) is 3.52. The van der Waals surface area contributed by atoms with E-state index in [0.717, 1.165) is 11.3 Å². The van der Waals surface area contributed by atoms with Crippen molar-refractivity contribution in [2.45, 2.75) is 0 Å². The zero-order valence-electron chi connectivity index (χ0n) is 13.3. The highest BCUT2D eigenvalue weighted by molar-refractivity contribution is 5.93. The van der Waals surface area contributed by atoms with Crippen molar-refractivity contribution in [2.75, 3.05) is 19.4 Å². The number of hydrogen-bond donors (Lipinski definition) is 1. The summed E-state index contributed by atoms with van der Waals surface area (Å²) in [5.74, 6) is 1.09. The summed E-state index contributed by atoms with van der Waals surface area (Å²) >= 11 is 0. The van der Waals surface area contributed by atoms with Crippen molar-refractivity contribution in [3.63, 3.8) is 0 Å². The van der Waals surface area contributed by atoms with Crippen LogP contribution in [0.1, 0.15) is 10.4 Å². The molecule has 120 valence electrons. The molecule has 3 aromatic rings. The van der Waals surface area contributed by atoms with Crippen molar-refractivity contribution in [3.05, 3.63) is 60.8 Å². The normalized spacial score (nSPS) is 10.2. The van der Waals surface area contributed by atoms with Crippen LogP contribution in [0.3, 0.4) is 0 Å². The van der Waals surface area contributed by atoms with E-state index in [-0.39, 0.29) is 5.91 Å². The number of nitrogens with zero attached hydrogens (tertiary/aromatic N) is 5. The fourth-order valence-corrected chi connectivity index (χ4v) is 2.03. The molecule has 0 radical (unpaired) electrons. The molecule has 1 amide bonds. The van der Waals surface area contributed by atoms with Gasteiger partial charge in [-0.05, 0) is 24.3 Å². The molecule has 1 N–H and O–H groups in total. The van der Waals surface area contributed by atoms with Crippen LogP contribution >= 0.6 is 0 Å². The Morgan fingerprint density at radius 2 is 1.79 bits per heavy atom. The number of aromatic nitrogens is 4. The van der Waals surface area contributed by atoms with Gasteiger partial charge in [-0.15, -0.1) is 0 Å². The molecule has 0 aliphatic heterocycles. The lowest BCUT2D eigenvalue weighted by molar-refractivity contribution is 0.0827. The molecule has 0 atom stereocenters. The number of carbonyl (C=O) groups excluding carboxylic acids is 1. The van der Waals surface area contributed by atoms with Crippen LogP contribution in [0, 0.1) is 0 Å². The van der Waals surface area contributed by atoms with Gasteiger partial charge < -0.3 is 10.2 Å². The third-order valence-corrected chi connectivity index (χ3v) is 3.26. The molecule has 7 heteroatoms. The van der Waals surface area contributed by atoms with Gasteiger partial charge in [-0.25, -0.2) is 15.0 Å². The van der Waals surface area contributed by atoms with Gasteiger partial charge in [0.05, 0.1) is 17.4 Å². The highest BCUT2D eigenvalue weighted by Gasteiger charge is 2.10. The van der Waals surface area contributed by atoms with Gasteiger partial charge in [0.1, 0.15) is 5.82 Å². The molecule has 0 bridgehead atoms. The minimum absolute atomic E-state index is 0.129. The number of hydrogen-bond acceptors (Lipinski definition) is 6. The Hall–Kier alpha value is -3.35. The van der Waals surface area contributed by atoms with Crippen LogP contribution in [0.15, 0.2) is 55.2 Å². The molecular formula is C17H16N6O. The van der Waals surface area contributed by atoms with Gasteiger partial charge >= 0.3 is 0 Å². The van der Waals surface area contributed by atoms with E-state index in [2.05, 4.69) is 25.3 Å².